The van der Waals surface area contributed by atoms with Gasteiger partial charge in [-0.25, -0.2) is 0 Å². The fourth-order valence-corrected chi connectivity index (χ4v) is 3.37. The molecule has 2 heterocycles. The number of carbonyl (C=O) groups excluding carboxylic acids is 1. The number of carbonyl (C=O) groups is 1. The van der Waals surface area contributed by atoms with Crippen LogP contribution in [0, 0.1) is 0 Å². The normalized spacial score (nSPS) is 17.8. The number of fused-ring (bicyclic) bond motifs is 1. The third kappa shape index (κ3) is 6.11. The summed E-state index contributed by atoms with van der Waals surface area (Å²) in [6.45, 7) is 6.54. The Morgan fingerprint density at radius 1 is 1.46 bits per heavy atom. The maximum absolute atomic E-state index is 12.3. The van der Waals surface area contributed by atoms with Crippen LogP contribution < -0.4 is 14.8 Å². The van der Waals surface area contributed by atoms with E-state index in [1.54, 1.807) is 12.4 Å². The molecular formula is C21H26ClN3O3. The van der Waals surface area contributed by atoms with Crippen molar-refractivity contribution < 1.29 is 14.3 Å². The third-order valence-electron chi connectivity index (χ3n) is 4.47. The predicted molar refractivity (Wildman–Crippen MR) is 109 cm³/mol. The fourth-order valence-electron chi connectivity index (χ4n) is 3.18. The van der Waals surface area contributed by atoms with Gasteiger partial charge in [0.05, 0.1) is 12.7 Å². The van der Waals surface area contributed by atoms with Crippen LogP contribution in [0.1, 0.15) is 25.8 Å². The molecule has 0 radical (unpaired) electrons. The van der Waals surface area contributed by atoms with Gasteiger partial charge < -0.3 is 14.8 Å². The average Bonchev–Trinajstić information content (AvgIpc) is 2.83. The smallest absolute Gasteiger partial charge is 0.221 e. The lowest BCUT2D eigenvalue weighted by Gasteiger charge is -2.21. The van der Waals surface area contributed by atoms with Crippen LogP contribution >= 0.6 is 11.6 Å². The predicted octanol–water partition coefficient (Wildman–Crippen LogP) is 3.29. The molecule has 150 valence electrons. The molecule has 0 saturated heterocycles. The van der Waals surface area contributed by atoms with Gasteiger partial charge in [0.25, 0.3) is 0 Å². The van der Waals surface area contributed by atoms with Gasteiger partial charge in [-0.15, -0.1) is 0 Å². The first-order valence-electron chi connectivity index (χ1n) is 9.50. The van der Waals surface area contributed by atoms with E-state index >= 15 is 0 Å². The highest BCUT2D eigenvalue weighted by atomic mass is 35.5. The minimum Gasteiger partial charge on any atom is -0.489 e. The van der Waals surface area contributed by atoms with Crippen molar-refractivity contribution in [3.63, 3.8) is 0 Å². The van der Waals surface area contributed by atoms with Crippen LogP contribution in [0.5, 0.6) is 11.5 Å². The summed E-state index contributed by atoms with van der Waals surface area (Å²) in [7, 11) is 0. The summed E-state index contributed by atoms with van der Waals surface area (Å²) in [6, 6.07) is 9.34. The van der Waals surface area contributed by atoms with Gasteiger partial charge in [-0.1, -0.05) is 11.6 Å². The first-order chi connectivity index (χ1) is 13.5. The molecule has 1 amide bonds. The molecule has 0 spiro atoms. The molecule has 0 bridgehead atoms. The van der Waals surface area contributed by atoms with Crippen molar-refractivity contribution in [2.45, 2.75) is 39.0 Å². The molecule has 0 aliphatic carbocycles. The highest BCUT2D eigenvalue weighted by molar-refractivity contribution is 6.30. The van der Waals surface area contributed by atoms with E-state index in [1.165, 1.54) is 0 Å². The summed E-state index contributed by atoms with van der Waals surface area (Å²) in [5, 5.41) is 3.63. The molecule has 3 rings (SSSR count). The van der Waals surface area contributed by atoms with Crippen LogP contribution in [-0.2, 0) is 11.3 Å². The van der Waals surface area contributed by atoms with Crippen LogP contribution in [-0.4, -0.2) is 47.6 Å². The molecular weight excluding hydrogens is 378 g/mol. The number of aromatic nitrogens is 1. The van der Waals surface area contributed by atoms with Crippen LogP contribution in [0.25, 0.3) is 0 Å². The largest absolute Gasteiger partial charge is 0.489 e. The zero-order valence-electron chi connectivity index (χ0n) is 16.2. The number of hydrogen-bond acceptors (Lipinski definition) is 5. The van der Waals surface area contributed by atoms with E-state index in [2.05, 4.69) is 15.2 Å². The summed E-state index contributed by atoms with van der Waals surface area (Å²) in [5.74, 6) is 1.57. The number of nitrogens with zero attached hydrogens (tertiary/aromatic N) is 2. The molecule has 1 aliphatic rings. The van der Waals surface area contributed by atoms with E-state index in [0.29, 0.717) is 36.8 Å². The molecule has 1 aromatic heterocycles. The van der Waals surface area contributed by atoms with E-state index < -0.39 is 0 Å². The number of amides is 1. The van der Waals surface area contributed by atoms with Crippen molar-refractivity contribution in [3.8, 4) is 11.5 Å². The number of ether oxygens (including phenoxy) is 2. The van der Waals surface area contributed by atoms with Gasteiger partial charge >= 0.3 is 0 Å². The Bertz CT molecular complexity index is 788. The van der Waals surface area contributed by atoms with E-state index in [1.807, 2.05) is 44.2 Å². The molecule has 0 unspecified atom stereocenters. The van der Waals surface area contributed by atoms with Gasteiger partial charge in [0.2, 0.25) is 5.91 Å². The Hall–Kier alpha value is -2.31. The SMILES string of the molecule is C[C@@H]1CN(CCC(=O)NC[C@H](C)Oc2cccnc2)Cc2cc(Cl)ccc2O1. The topological polar surface area (TPSA) is 63.7 Å². The molecule has 0 fully saturated rings. The molecule has 28 heavy (non-hydrogen) atoms. The van der Waals surface area contributed by atoms with E-state index in [4.69, 9.17) is 21.1 Å². The van der Waals surface area contributed by atoms with Gasteiger partial charge in [0, 0.05) is 42.8 Å². The number of halogens is 1. The van der Waals surface area contributed by atoms with Crippen molar-refractivity contribution in [2.75, 3.05) is 19.6 Å². The van der Waals surface area contributed by atoms with Crippen molar-refractivity contribution >= 4 is 17.5 Å². The highest BCUT2D eigenvalue weighted by Gasteiger charge is 2.21. The quantitative estimate of drug-likeness (QED) is 0.768. The van der Waals surface area contributed by atoms with Gasteiger partial charge in [-0.2, -0.15) is 0 Å². The summed E-state index contributed by atoms with van der Waals surface area (Å²) >= 11 is 6.12. The lowest BCUT2D eigenvalue weighted by atomic mass is 10.2. The highest BCUT2D eigenvalue weighted by Crippen LogP contribution is 2.28. The molecule has 6 nitrogen and oxygen atoms in total. The van der Waals surface area contributed by atoms with Crippen molar-refractivity contribution in [1.82, 2.24) is 15.2 Å². The van der Waals surface area contributed by atoms with E-state index in [0.717, 1.165) is 17.9 Å². The Kier molecular flexibility index (Phi) is 7.12. The lowest BCUT2D eigenvalue weighted by Crippen LogP contribution is -2.37. The molecule has 1 aromatic carbocycles. The minimum atomic E-state index is -0.131. The number of rotatable bonds is 7. The zero-order chi connectivity index (χ0) is 19.9. The number of nitrogens with one attached hydrogen (secondary N) is 1. The second-order valence-corrected chi connectivity index (χ2v) is 7.52. The van der Waals surface area contributed by atoms with Crippen LogP contribution in [0.15, 0.2) is 42.7 Å². The first kappa shape index (κ1) is 20.4. The second-order valence-electron chi connectivity index (χ2n) is 7.09. The minimum absolute atomic E-state index is 0.00535. The molecule has 2 atom stereocenters. The van der Waals surface area contributed by atoms with Crippen molar-refractivity contribution in [3.05, 3.63) is 53.3 Å². The molecule has 0 saturated carbocycles. The van der Waals surface area contributed by atoms with Crippen LogP contribution in [0.4, 0.5) is 0 Å². The number of benzene rings is 1. The maximum Gasteiger partial charge on any atom is 0.221 e. The number of pyridine rings is 1. The van der Waals surface area contributed by atoms with Gasteiger partial charge in [-0.3, -0.25) is 14.7 Å². The lowest BCUT2D eigenvalue weighted by molar-refractivity contribution is -0.121. The van der Waals surface area contributed by atoms with Gasteiger partial charge in [0.1, 0.15) is 23.7 Å². The monoisotopic (exact) mass is 403 g/mol. The molecule has 1 aliphatic heterocycles. The second kappa shape index (κ2) is 9.75. The van der Waals surface area contributed by atoms with E-state index in [-0.39, 0.29) is 18.1 Å². The van der Waals surface area contributed by atoms with E-state index in [9.17, 15) is 4.79 Å². The Balaban J connectivity index is 1.44. The summed E-state index contributed by atoms with van der Waals surface area (Å²) in [5.41, 5.74) is 1.05. The average molecular weight is 404 g/mol. The van der Waals surface area contributed by atoms with Gasteiger partial charge in [-0.05, 0) is 44.2 Å². The Morgan fingerprint density at radius 3 is 3.11 bits per heavy atom. The van der Waals surface area contributed by atoms with Crippen LogP contribution in [0.2, 0.25) is 5.02 Å². The third-order valence-corrected chi connectivity index (χ3v) is 4.71. The standard InChI is InChI=1S/C21H26ClN3O3/c1-15(27-19-4-3-8-23-12-19)11-24-21(26)7-9-25-13-16(2)28-20-6-5-18(22)10-17(20)14-25/h3-6,8,10,12,15-16H,7,9,11,13-14H2,1-2H3,(H,24,26)/t15-,16+/m0/s1. The molecule has 1 N–H and O–H groups in total. The summed E-state index contributed by atoms with van der Waals surface area (Å²) in [6.07, 6.45) is 3.69. The molecule has 7 heteroatoms. The Morgan fingerprint density at radius 2 is 2.32 bits per heavy atom. The van der Waals surface area contributed by atoms with Crippen molar-refractivity contribution in [1.29, 1.82) is 0 Å². The summed E-state index contributed by atoms with van der Waals surface area (Å²) in [4.78, 5) is 18.5. The fraction of sp³-hybridized carbons (Fsp3) is 0.429. The summed E-state index contributed by atoms with van der Waals surface area (Å²) < 4.78 is 11.7. The molecule has 2 aromatic rings. The first-order valence-corrected chi connectivity index (χ1v) is 9.88. The zero-order valence-corrected chi connectivity index (χ0v) is 17.0. The Labute approximate surface area is 170 Å². The van der Waals surface area contributed by atoms with Gasteiger partial charge in [0.15, 0.2) is 0 Å². The number of hydrogen-bond donors (Lipinski definition) is 1. The maximum atomic E-state index is 12.3. The van der Waals surface area contributed by atoms with Crippen molar-refractivity contribution in [2.24, 2.45) is 0 Å². The van der Waals surface area contributed by atoms with Crippen LogP contribution in [0.3, 0.4) is 0 Å².